The minimum Gasteiger partial charge on any atom is -0.481 e. The summed E-state index contributed by atoms with van der Waals surface area (Å²) >= 11 is 0. The van der Waals surface area contributed by atoms with Crippen molar-refractivity contribution in [1.29, 1.82) is 0 Å². The molecule has 86 valence electrons. The van der Waals surface area contributed by atoms with Crippen molar-refractivity contribution in [3.05, 3.63) is 36.5 Å². The Morgan fingerprint density at radius 3 is 2.82 bits per heavy atom. The van der Waals surface area contributed by atoms with Gasteiger partial charge in [0.05, 0.1) is 17.4 Å². The average molecular weight is 230 g/mol. The van der Waals surface area contributed by atoms with Gasteiger partial charge in [-0.3, -0.25) is 14.6 Å². The minimum atomic E-state index is -1.16. The Kier molecular flexibility index (Phi) is 3.00. The van der Waals surface area contributed by atoms with Gasteiger partial charge in [0.25, 0.3) is 0 Å². The molecule has 1 amide bonds. The van der Waals surface area contributed by atoms with E-state index in [9.17, 15) is 9.59 Å². The van der Waals surface area contributed by atoms with Gasteiger partial charge in [-0.05, 0) is 12.1 Å². The van der Waals surface area contributed by atoms with E-state index in [1.165, 1.54) is 6.20 Å². The molecule has 1 heterocycles. The van der Waals surface area contributed by atoms with Crippen molar-refractivity contribution < 1.29 is 14.7 Å². The summed E-state index contributed by atoms with van der Waals surface area (Å²) in [7, 11) is 0. The van der Waals surface area contributed by atoms with E-state index in [-0.39, 0.29) is 0 Å². The van der Waals surface area contributed by atoms with Crippen LogP contribution in [0.5, 0.6) is 0 Å². The van der Waals surface area contributed by atoms with Gasteiger partial charge in [0.15, 0.2) is 0 Å². The molecule has 0 atom stereocenters. The fraction of sp³-hybridized carbons (Fsp3) is 0.0833. The predicted molar refractivity (Wildman–Crippen MR) is 62.6 cm³/mol. The molecule has 0 fully saturated rings. The number of para-hydroxylation sites is 1. The molecule has 0 aliphatic rings. The fourth-order valence-corrected chi connectivity index (χ4v) is 1.48. The smallest absolute Gasteiger partial charge is 0.312 e. The highest BCUT2D eigenvalue weighted by Gasteiger charge is 2.08. The average Bonchev–Trinajstić information content (AvgIpc) is 2.27. The van der Waals surface area contributed by atoms with Crippen molar-refractivity contribution in [3.63, 3.8) is 0 Å². The number of aliphatic carboxylic acids is 1. The molecule has 5 nitrogen and oxygen atoms in total. The summed E-state index contributed by atoms with van der Waals surface area (Å²) in [5.41, 5.74) is 1.32. The number of carbonyl (C=O) groups is 2. The van der Waals surface area contributed by atoms with Gasteiger partial charge >= 0.3 is 5.97 Å². The number of carboxylic acid groups (broad SMARTS) is 1. The van der Waals surface area contributed by atoms with E-state index in [2.05, 4.69) is 10.3 Å². The van der Waals surface area contributed by atoms with Crippen LogP contribution in [0.1, 0.15) is 6.42 Å². The lowest BCUT2D eigenvalue weighted by molar-refractivity contribution is -0.139. The number of amides is 1. The van der Waals surface area contributed by atoms with Gasteiger partial charge in [0, 0.05) is 5.39 Å². The summed E-state index contributed by atoms with van der Waals surface area (Å²) in [6.07, 6.45) is 0.953. The fourth-order valence-electron chi connectivity index (χ4n) is 1.48. The Morgan fingerprint density at radius 1 is 1.29 bits per heavy atom. The van der Waals surface area contributed by atoms with Crippen LogP contribution in [0.2, 0.25) is 0 Å². The van der Waals surface area contributed by atoms with Crippen LogP contribution >= 0.6 is 0 Å². The second-order valence-electron chi connectivity index (χ2n) is 3.54. The molecule has 0 saturated carbocycles. The highest BCUT2D eigenvalue weighted by atomic mass is 16.4. The molecule has 1 aromatic carbocycles. The van der Waals surface area contributed by atoms with Crippen LogP contribution in [-0.4, -0.2) is 22.0 Å². The van der Waals surface area contributed by atoms with Crippen LogP contribution < -0.4 is 5.32 Å². The van der Waals surface area contributed by atoms with Crippen molar-refractivity contribution in [2.24, 2.45) is 0 Å². The molecular formula is C12H10N2O3. The number of carboxylic acids is 1. The first kappa shape index (κ1) is 11.1. The molecule has 2 rings (SSSR count). The van der Waals surface area contributed by atoms with Crippen LogP contribution in [0.15, 0.2) is 36.5 Å². The van der Waals surface area contributed by atoms with E-state index in [0.717, 1.165) is 10.9 Å². The zero-order valence-corrected chi connectivity index (χ0v) is 8.88. The molecule has 1 aromatic heterocycles. The number of fused-ring (bicyclic) bond motifs is 1. The third-order valence-electron chi connectivity index (χ3n) is 2.19. The van der Waals surface area contributed by atoms with Crippen molar-refractivity contribution in [1.82, 2.24) is 4.98 Å². The first-order chi connectivity index (χ1) is 8.15. The van der Waals surface area contributed by atoms with Crippen LogP contribution in [0.3, 0.4) is 0 Å². The number of carbonyl (C=O) groups excluding carboxylic acids is 1. The van der Waals surface area contributed by atoms with E-state index >= 15 is 0 Å². The molecule has 0 bridgehead atoms. The summed E-state index contributed by atoms with van der Waals surface area (Å²) < 4.78 is 0. The lowest BCUT2D eigenvalue weighted by Gasteiger charge is -2.04. The molecule has 2 N–H and O–H groups in total. The number of hydrogen-bond donors (Lipinski definition) is 2. The van der Waals surface area contributed by atoms with Crippen LogP contribution in [-0.2, 0) is 9.59 Å². The Labute approximate surface area is 97.1 Å². The Bertz CT molecular complexity index is 581. The maximum atomic E-state index is 11.2. The van der Waals surface area contributed by atoms with Crippen molar-refractivity contribution in [3.8, 4) is 0 Å². The summed E-state index contributed by atoms with van der Waals surface area (Å²) in [5, 5.41) is 11.8. The third-order valence-corrected chi connectivity index (χ3v) is 2.19. The van der Waals surface area contributed by atoms with E-state index in [4.69, 9.17) is 5.11 Å². The second-order valence-corrected chi connectivity index (χ2v) is 3.54. The van der Waals surface area contributed by atoms with Crippen LogP contribution in [0.25, 0.3) is 10.9 Å². The topological polar surface area (TPSA) is 79.3 Å². The normalized spacial score (nSPS) is 10.1. The second kappa shape index (κ2) is 4.61. The number of nitrogens with one attached hydrogen (secondary N) is 1. The lowest BCUT2D eigenvalue weighted by atomic mass is 10.2. The highest BCUT2D eigenvalue weighted by Crippen LogP contribution is 2.15. The van der Waals surface area contributed by atoms with Gasteiger partial charge in [-0.1, -0.05) is 18.2 Å². The third kappa shape index (κ3) is 2.78. The van der Waals surface area contributed by atoms with E-state index in [1.54, 1.807) is 6.07 Å². The molecule has 17 heavy (non-hydrogen) atoms. The number of aromatic nitrogens is 1. The van der Waals surface area contributed by atoms with Crippen LogP contribution in [0.4, 0.5) is 5.69 Å². The number of hydrogen-bond acceptors (Lipinski definition) is 3. The van der Waals surface area contributed by atoms with E-state index in [0.29, 0.717) is 5.69 Å². The molecular weight excluding hydrogens is 220 g/mol. The highest BCUT2D eigenvalue weighted by molar-refractivity contribution is 6.01. The first-order valence-corrected chi connectivity index (χ1v) is 5.01. The van der Waals surface area contributed by atoms with Gasteiger partial charge in [0.2, 0.25) is 5.91 Å². The number of nitrogens with zero attached hydrogens (tertiary/aromatic N) is 1. The standard InChI is InChI=1S/C12H10N2O3/c15-11(6-12(16)17)14-9-5-8-3-1-2-4-10(8)13-7-9/h1-5,7H,6H2,(H,14,15)(H,16,17). The Hall–Kier alpha value is -2.43. The minimum absolute atomic E-state index is 0.495. The first-order valence-electron chi connectivity index (χ1n) is 5.01. The van der Waals surface area contributed by atoms with E-state index in [1.807, 2.05) is 24.3 Å². The van der Waals surface area contributed by atoms with Gasteiger partial charge in [-0.25, -0.2) is 0 Å². The van der Waals surface area contributed by atoms with E-state index < -0.39 is 18.3 Å². The molecule has 0 radical (unpaired) electrons. The lowest BCUT2D eigenvalue weighted by Crippen LogP contribution is -2.15. The summed E-state index contributed by atoms with van der Waals surface area (Å²) in [6, 6.07) is 9.22. The van der Waals surface area contributed by atoms with Gasteiger partial charge in [-0.2, -0.15) is 0 Å². The molecule has 0 aliphatic carbocycles. The number of pyridine rings is 1. The number of benzene rings is 1. The van der Waals surface area contributed by atoms with Crippen LogP contribution in [0, 0.1) is 0 Å². The van der Waals surface area contributed by atoms with Gasteiger partial charge < -0.3 is 10.4 Å². The Balaban J connectivity index is 2.19. The maximum Gasteiger partial charge on any atom is 0.312 e. The van der Waals surface area contributed by atoms with Crippen molar-refractivity contribution >= 4 is 28.5 Å². The number of anilines is 1. The number of rotatable bonds is 3. The van der Waals surface area contributed by atoms with Gasteiger partial charge in [0.1, 0.15) is 6.42 Å². The predicted octanol–water partition coefficient (Wildman–Crippen LogP) is 1.65. The quantitative estimate of drug-likeness (QED) is 0.786. The maximum absolute atomic E-state index is 11.2. The van der Waals surface area contributed by atoms with Gasteiger partial charge in [-0.15, -0.1) is 0 Å². The zero-order chi connectivity index (χ0) is 12.3. The molecule has 5 heteroatoms. The molecule has 0 spiro atoms. The summed E-state index contributed by atoms with van der Waals surface area (Å²) in [4.78, 5) is 25.7. The Morgan fingerprint density at radius 2 is 2.06 bits per heavy atom. The molecule has 0 aliphatic heterocycles. The van der Waals surface area contributed by atoms with Crippen molar-refractivity contribution in [2.45, 2.75) is 6.42 Å². The molecule has 2 aromatic rings. The largest absolute Gasteiger partial charge is 0.481 e. The van der Waals surface area contributed by atoms with Crippen molar-refractivity contribution in [2.75, 3.05) is 5.32 Å². The molecule has 0 saturated heterocycles. The summed E-state index contributed by atoms with van der Waals surface area (Å²) in [5.74, 6) is -1.72. The molecule has 0 unspecified atom stereocenters. The zero-order valence-electron chi connectivity index (χ0n) is 8.88. The SMILES string of the molecule is O=C(O)CC(=O)Nc1cnc2ccccc2c1. The summed E-state index contributed by atoms with van der Waals surface area (Å²) in [6.45, 7) is 0. The monoisotopic (exact) mass is 230 g/mol.